The Morgan fingerprint density at radius 3 is 2.41 bits per heavy atom. The first kappa shape index (κ1) is 11.6. The minimum absolute atomic E-state index is 0.135. The molecule has 0 atom stereocenters. The highest BCUT2D eigenvalue weighted by molar-refractivity contribution is 5.73. The summed E-state index contributed by atoms with van der Waals surface area (Å²) < 4.78 is 14.2. The van der Waals surface area contributed by atoms with Crippen LogP contribution in [0.4, 0.5) is 10.1 Å². The van der Waals surface area contributed by atoms with Gasteiger partial charge < -0.3 is 5.73 Å². The molecular formula is C15H16FN. The van der Waals surface area contributed by atoms with Crippen LogP contribution in [0.1, 0.15) is 18.1 Å². The van der Waals surface area contributed by atoms with Crippen molar-refractivity contribution in [3.63, 3.8) is 0 Å². The van der Waals surface area contributed by atoms with Crippen LogP contribution in [0.25, 0.3) is 11.1 Å². The molecule has 2 rings (SSSR count). The Kier molecular flexibility index (Phi) is 3.14. The zero-order chi connectivity index (χ0) is 12.4. The number of hydrogen-bond donors (Lipinski definition) is 1. The highest BCUT2D eigenvalue weighted by atomic mass is 19.1. The number of nitrogen functional groups attached to an aromatic ring is 1. The summed E-state index contributed by atoms with van der Waals surface area (Å²) in [6, 6.07) is 11.1. The van der Waals surface area contributed by atoms with E-state index in [1.165, 1.54) is 0 Å². The third kappa shape index (κ3) is 2.03. The van der Waals surface area contributed by atoms with Crippen LogP contribution < -0.4 is 5.73 Å². The molecule has 0 unspecified atom stereocenters. The van der Waals surface area contributed by atoms with Gasteiger partial charge in [0.25, 0.3) is 0 Å². The van der Waals surface area contributed by atoms with Gasteiger partial charge in [0.15, 0.2) is 0 Å². The molecule has 0 saturated carbocycles. The molecule has 0 saturated heterocycles. The third-order valence-electron chi connectivity index (χ3n) is 3.13. The Morgan fingerprint density at radius 2 is 1.71 bits per heavy atom. The highest BCUT2D eigenvalue weighted by Crippen LogP contribution is 2.30. The van der Waals surface area contributed by atoms with Crippen molar-refractivity contribution in [1.82, 2.24) is 0 Å². The molecule has 2 heteroatoms. The molecule has 0 radical (unpaired) electrons. The molecule has 1 nitrogen and oxygen atoms in total. The van der Waals surface area contributed by atoms with Gasteiger partial charge in [0, 0.05) is 11.3 Å². The predicted octanol–water partition coefficient (Wildman–Crippen LogP) is 3.95. The average Bonchev–Trinajstić information content (AvgIpc) is 2.33. The van der Waals surface area contributed by atoms with Gasteiger partial charge in [-0.05, 0) is 36.1 Å². The minimum atomic E-state index is -0.135. The fourth-order valence-electron chi connectivity index (χ4n) is 2.01. The summed E-state index contributed by atoms with van der Waals surface area (Å²) in [4.78, 5) is 0. The van der Waals surface area contributed by atoms with Crippen molar-refractivity contribution in [3.8, 4) is 11.1 Å². The van der Waals surface area contributed by atoms with E-state index in [4.69, 9.17) is 5.73 Å². The van der Waals surface area contributed by atoms with E-state index in [9.17, 15) is 4.39 Å². The van der Waals surface area contributed by atoms with Gasteiger partial charge >= 0.3 is 0 Å². The van der Waals surface area contributed by atoms with Crippen LogP contribution in [0.3, 0.4) is 0 Å². The largest absolute Gasteiger partial charge is 0.398 e. The summed E-state index contributed by atoms with van der Waals surface area (Å²) >= 11 is 0. The predicted molar refractivity (Wildman–Crippen MR) is 70.4 cm³/mol. The van der Waals surface area contributed by atoms with E-state index in [0.29, 0.717) is 17.7 Å². The molecule has 88 valence electrons. The Bertz CT molecular complexity index is 547. The molecule has 0 aliphatic rings. The first-order chi connectivity index (χ1) is 8.15. The lowest BCUT2D eigenvalue weighted by atomic mass is 9.96. The van der Waals surface area contributed by atoms with Crippen molar-refractivity contribution in [2.45, 2.75) is 20.3 Å². The van der Waals surface area contributed by atoms with Crippen LogP contribution in [0.2, 0.25) is 0 Å². The number of aryl methyl sites for hydroxylation is 1. The minimum Gasteiger partial charge on any atom is -0.398 e. The van der Waals surface area contributed by atoms with Gasteiger partial charge in [0.05, 0.1) is 0 Å². The fraction of sp³-hybridized carbons (Fsp3) is 0.200. The second-order valence-electron chi connectivity index (χ2n) is 4.15. The maximum Gasteiger partial charge on any atom is 0.134 e. The standard InChI is InChI=1S/C15H16FN/c1-3-11-6-4-8-13(15(11)16)12-7-5-9-14(17)10(12)2/h4-9H,3,17H2,1-2H3. The van der Waals surface area contributed by atoms with Gasteiger partial charge in [-0.25, -0.2) is 4.39 Å². The van der Waals surface area contributed by atoms with Gasteiger partial charge in [-0.15, -0.1) is 0 Å². The Morgan fingerprint density at radius 1 is 1.06 bits per heavy atom. The lowest BCUT2D eigenvalue weighted by molar-refractivity contribution is 0.615. The quantitative estimate of drug-likeness (QED) is 0.775. The van der Waals surface area contributed by atoms with Crippen molar-refractivity contribution >= 4 is 5.69 Å². The summed E-state index contributed by atoms with van der Waals surface area (Å²) in [5.41, 5.74) is 9.73. The molecule has 0 aliphatic carbocycles. The molecule has 2 N–H and O–H groups in total. The Labute approximate surface area is 101 Å². The molecule has 0 aromatic heterocycles. The first-order valence-corrected chi connectivity index (χ1v) is 5.78. The normalized spacial score (nSPS) is 10.5. The van der Waals surface area contributed by atoms with Crippen LogP contribution in [0, 0.1) is 12.7 Å². The van der Waals surface area contributed by atoms with Crippen LogP contribution in [-0.4, -0.2) is 0 Å². The van der Waals surface area contributed by atoms with Crippen LogP contribution >= 0.6 is 0 Å². The maximum atomic E-state index is 14.2. The number of halogens is 1. The topological polar surface area (TPSA) is 26.0 Å². The van der Waals surface area contributed by atoms with Gasteiger partial charge in [-0.3, -0.25) is 0 Å². The molecular weight excluding hydrogens is 213 g/mol. The van der Waals surface area contributed by atoms with E-state index >= 15 is 0 Å². The zero-order valence-corrected chi connectivity index (χ0v) is 10.1. The number of nitrogens with two attached hydrogens (primary N) is 1. The van der Waals surface area contributed by atoms with Crippen molar-refractivity contribution in [2.75, 3.05) is 5.73 Å². The van der Waals surface area contributed by atoms with Gasteiger partial charge in [0.1, 0.15) is 5.82 Å². The summed E-state index contributed by atoms with van der Waals surface area (Å²) in [6.07, 6.45) is 0.695. The van der Waals surface area contributed by atoms with Crippen LogP contribution in [-0.2, 0) is 6.42 Å². The molecule has 0 bridgehead atoms. The van der Waals surface area contributed by atoms with Crippen molar-refractivity contribution in [1.29, 1.82) is 0 Å². The summed E-state index contributed by atoms with van der Waals surface area (Å²) in [5, 5.41) is 0. The van der Waals surface area contributed by atoms with Gasteiger partial charge in [-0.2, -0.15) is 0 Å². The fourth-order valence-corrected chi connectivity index (χ4v) is 2.01. The summed E-state index contributed by atoms with van der Waals surface area (Å²) in [7, 11) is 0. The van der Waals surface area contributed by atoms with E-state index < -0.39 is 0 Å². The van der Waals surface area contributed by atoms with Gasteiger partial charge in [-0.1, -0.05) is 37.3 Å². The number of anilines is 1. The van der Waals surface area contributed by atoms with E-state index in [1.807, 2.05) is 44.2 Å². The molecule has 2 aromatic rings. The highest BCUT2D eigenvalue weighted by Gasteiger charge is 2.11. The lowest BCUT2D eigenvalue weighted by Gasteiger charge is -2.11. The van der Waals surface area contributed by atoms with E-state index in [-0.39, 0.29) is 5.82 Å². The number of benzene rings is 2. The van der Waals surface area contributed by atoms with Crippen molar-refractivity contribution in [2.24, 2.45) is 0 Å². The average molecular weight is 229 g/mol. The Hall–Kier alpha value is -1.83. The van der Waals surface area contributed by atoms with Crippen molar-refractivity contribution in [3.05, 3.63) is 53.3 Å². The number of rotatable bonds is 2. The maximum absolute atomic E-state index is 14.2. The van der Waals surface area contributed by atoms with Gasteiger partial charge in [0.2, 0.25) is 0 Å². The zero-order valence-electron chi connectivity index (χ0n) is 10.1. The lowest BCUT2D eigenvalue weighted by Crippen LogP contribution is -1.96. The van der Waals surface area contributed by atoms with Crippen LogP contribution in [0.5, 0.6) is 0 Å². The molecule has 17 heavy (non-hydrogen) atoms. The molecule has 0 spiro atoms. The second-order valence-corrected chi connectivity index (χ2v) is 4.15. The molecule has 0 aliphatic heterocycles. The van der Waals surface area contributed by atoms with E-state index in [1.54, 1.807) is 6.07 Å². The third-order valence-corrected chi connectivity index (χ3v) is 3.13. The molecule has 0 heterocycles. The van der Waals surface area contributed by atoms with Crippen LogP contribution in [0.15, 0.2) is 36.4 Å². The molecule has 0 fully saturated rings. The van der Waals surface area contributed by atoms with E-state index in [2.05, 4.69) is 0 Å². The van der Waals surface area contributed by atoms with Crippen molar-refractivity contribution < 1.29 is 4.39 Å². The smallest absolute Gasteiger partial charge is 0.134 e. The molecule has 0 amide bonds. The SMILES string of the molecule is CCc1cccc(-c2cccc(N)c2C)c1F. The summed E-state index contributed by atoms with van der Waals surface area (Å²) in [6.45, 7) is 3.87. The second kappa shape index (κ2) is 4.58. The number of hydrogen-bond acceptors (Lipinski definition) is 1. The Balaban J connectivity index is 2.65. The molecule has 2 aromatic carbocycles. The monoisotopic (exact) mass is 229 g/mol. The van der Waals surface area contributed by atoms with E-state index in [0.717, 1.165) is 16.7 Å². The first-order valence-electron chi connectivity index (χ1n) is 5.78. The summed E-state index contributed by atoms with van der Waals surface area (Å²) in [5.74, 6) is -0.135.